The Bertz CT molecular complexity index is 4970. The highest BCUT2D eigenvalue weighted by atomic mass is 15.2. The van der Waals surface area contributed by atoms with Crippen molar-refractivity contribution in [2.24, 2.45) is 0 Å². The summed E-state index contributed by atoms with van der Waals surface area (Å²) in [5.74, 6) is 0. The van der Waals surface area contributed by atoms with Crippen LogP contribution >= 0.6 is 0 Å². The molecule has 2 aliphatic rings. The molecule has 0 N–H and O–H groups in total. The molecule has 0 aliphatic heterocycles. The van der Waals surface area contributed by atoms with E-state index in [4.69, 9.17) is 0 Å². The van der Waals surface area contributed by atoms with Gasteiger partial charge in [-0.25, -0.2) is 0 Å². The van der Waals surface area contributed by atoms with Crippen LogP contribution in [0.15, 0.2) is 340 Å². The summed E-state index contributed by atoms with van der Waals surface area (Å²) < 4.78 is 0. The molecular formula is C86H56N2. The topological polar surface area (TPSA) is 6.48 Å². The lowest BCUT2D eigenvalue weighted by Gasteiger charge is -2.51. The molecule has 2 aliphatic carbocycles. The molecule has 2 nitrogen and oxygen atoms in total. The van der Waals surface area contributed by atoms with Crippen molar-refractivity contribution in [3.63, 3.8) is 0 Å². The van der Waals surface area contributed by atoms with Gasteiger partial charge in [0, 0.05) is 32.3 Å². The zero-order valence-electron chi connectivity index (χ0n) is 48.2. The van der Waals surface area contributed by atoms with Crippen LogP contribution in [0.3, 0.4) is 0 Å². The molecule has 410 valence electrons. The number of fused-ring (bicyclic) bond motifs is 14. The van der Waals surface area contributed by atoms with Crippen molar-refractivity contribution < 1.29 is 0 Å². The van der Waals surface area contributed by atoms with Crippen LogP contribution in [0, 0.1) is 0 Å². The summed E-state index contributed by atoms with van der Waals surface area (Å²) in [6.07, 6.45) is 0. The third-order valence-corrected chi connectivity index (χ3v) is 19.5. The summed E-state index contributed by atoms with van der Waals surface area (Å²) in [5.41, 5.74) is 17.2. The maximum absolute atomic E-state index is 2.64. The first-order valence-electron chi connectivity index (χ1n) is 30.7. The monoisotopic (exact) mass is 1120 g/mol. The summed E-state index contributed by atoms with van der Waals surface area (Å²) in [6, 6.07) is 128. The van der Waals surface area contributed by atoms with E-state index in [-0.39, 0.29) is 0 Å². The molecule has 0 radical (unpaired) electrons. The Kier molecular flexibility index (Phi) is 11.2. The fourth-order valence-corrected chi connectivity index (χ4v) is 16.2. The van der Waals surface area contributed by atoms with Crippen molar-refractivity contribution in [2.75, 3.05) is 9.80 Å². The molecule has 0 spiro atoms. The Morgan fingerprint density at radius 3 is 0.784 bits per heavy atom. The van der Waals surface area contributed by atoms with Gasteiger partial charge in [-0.05, 0) is 124 Å². The molecule has 0 saturated heterocycles. The van der Waals surface area contributed by atoms with Gasteiger partial charge in [0.25, 0.3) is 0 Å². The van der Waals surface area contributed by atoms with Crippen molar-refractivity contribution in [2.45, 2.75) is 10.8 Å². The van der Waals surface area contributed by atoms with E-state index >= 15 is 0 Å². The predicted octanol–water partition coefficient (Wildman–Crippen LogP) is 22.9. The Labute approximate surface area is 511 Å². The van der Waals surface area contributed by atoms with Crippen LogP contribution in [0.5, 0.6) is 0 Å². The van der Waals surface area contributed by atoms with Crippen molar-refractivity contribution >= 4 is 98.8 Å². The molecule has 2 atom stereocenters. The first-order chi connectivity index (χ1) is 43.7. The lowest BCUT2D eigenvalue weighted by molar-refractivity contribution is 0.438. The maximum atomic E-state index is 2.64. The van der Waals surface area contributed by atoms with Gasteiger partial charge in [-0.2, -0.15) is 0 Å². The molecule has 2 heteroatoms. The molecule has 88 heavy (non-hydrogen) atoms. The van der Waals surface area contributed by atoms with Crippen molar-refractivity contribution in [1.82, 2.24) is 0 Å². The molecule has 0 bridgehead atoms. The normalized spacial score (nSPS) is 15.6. The minimum absolute atomic E-state index is 0.950. The number of hydrogen-bond donors (Lipinski definition) is 0. The van der Waals surface area contributed by atoms with Crippen LogP contribution in [-0.2, 0) is 10.8 Å². The van der Waals surface area contributed by atoms with Gasteiger partial charge in [-0.1, -0.05) is 303 Å². The van der Waals surface area contributed by atoms with Crippen LogP contribution < -0.4 is 9.80 Å². The average Bonchev–Trinajstić information content (AvgIpc) is 1.47. The van der Waals surface area contributed by atoms with Crippen LogP contribution in [0.1, 0.15) is 33.4 Å². The number of hydrogen-bond acceptors (Lipinski definition) is 2. The van der Waals surface area contributed by atoms with Crippen molar-refractivity contribution in [1.29, 1.82) is 0 Å². The van der Waals surface area contributed by atoms with E-state index in [1.54, 1.807) is 0 Å². The summed E-state index contributed by atoms with van der Waals surface area (Å²) in [7, 11) is 0. The van der Waals surface area contributed by atoms with Gasteiger partial charge < -0.3 is 9.80 Å². The van der Waals surface area contributed by atoms with Gasteiger partial charge in [-0.15, -0.1) is 0 Å². The Morgan fingerprint density at radius 1 is 0.182 bits per heavy atom. The van der Waals surface area contributed by atoms with Crippen molar-refractivity contribution in [3.05, 3.63) is 373 Å². The zero-order chi connectivity index (χ0) is 57.9. The van der Waals surface area contributed by atoms with Gasteiger partial charge in [0.05, 0.1) is 45.0 Å². The van der Waals surface area contributed by atoms with E-state index in [9.17, 15) is 0 Å². The molecule has 16 aromatic carbocycles. The molecule has 0 amide bonds. The van der Waals surface area contributed by atoms with E-state index in [1.165, 1.54) is 120 Å². The second-order valence-corrected chi connectivity index (χ2v) is 23.7. The smallest absolute Gasteiger partial charge is 0.0642 e. The number of anilines is 6. The number of nitrogens with zero attached hydrogens (tertiary/aromatic N) is 2. The van der Waals surface area contributed by atoms with Crippen LogP contribution in [-0.4, -0.2) is 0 Å². The van der Waals surface area contributed by atoms with E-state index in [2.05, 4.69) is 350 Å². The number of rotatable bonds is 9. The highest BCUT2D eigenvalue weighted by molar-refractivity contribution is 6.18. The van der Waals surface area contributed by atoms with E-state index in [0.717, 1.165) is 34.1 Å². The molecule has 0 saturated carbocycles. The molecular weight excluding hydrogens is 1060 g/mol. The van der Waals surface area contributed by atoms with Crippen LogP contribution in [0.2, 0.25) is 0 Å². The minimum atomic E-state index is -0.950. The lowest BCUT2D eigenvalue weighted by atomic mass is 9.49. The highest BCUT2D eigenvalue weighted by Gasteiger charge is 2.65. The standard InChI is InChI=1S/C86H56N2/c1-3-35-61(36-4-1)85(73-49-21-19-47-71(73)83-69-45-17-15-43-67(69)81(55-75(83)85)87(77-51-23-31-57-27-7-11-39-63(57)77)78-52-24-32-58-28-8-12-40-64(58)78)86(62-37-5-2-6-38-62)74-50-22-20-48-72(74)84-70-46-18-16-44-68(70)82(56-76(84)86)88(79-53-25-33-59-29-9-13-41-65(59)79)80-54-26-34-60-30-10-14-42-66(60)80/h1-56H. The third-order valence-electron chi connectivity index (χ3n) is 19.5. The molecule has 18 rings (SSSR count). The molecule has 0 aromatic heterocycles. The van der Waals surface area contributed by atoms with Crippen LogP contribution in [0.25, 0.3) is 86.9 Å². The molecule has 0 fully saturated rings. The van der Waals surface area contributed by atoms with Gasteiger partial charge in [0.2, 0.25) is 0 Å². The highest BCUT2D eigenvalue weighted by Crippen LogP contribution is 2.72. The Balaban J connectivity index is 1.05. The number of benzene rings is 16. The van der Waals surface area contributed by atoms with Crippen LogP contribution in [0.4, 0.5) is 34.1 Å². The summed E-state index contributed by atoms with van der Waals surface area (Å²) in [5, 5.41) is 14.2. The fraction of sp³-hybridized carbons (Fsp3) is 0.0233. The SMILES string of the molecule is c1ccc(C2(C3(c4ccccc4)c4ccccc4-c4c3cc(N(c3cccc5ccccc35)c3cccc5ccccc35)c3ccccc43)c3ccccc3-c3c2cc(N(c2cccc4ccccc24)c2cccc4ccccc24)c2ccccc32)cc1. The molecule has 2 unspecified atom stereocenters. The summed E-state index contributed by atoms with van der Waals surface area (Å²) in [6.45, 7) is 0. The fourth-order valence-electron chi connectivity index (χ4n) is 16.2. The second kappa shape index (κ2) is 19.6. The molecule has 16 aromatic rings. The first kappa shape index (κ1) is 50.0. The van der Waals surface area contributed by atoms with E-state index in [0.29, 0.717) is 0 Å². The zero-order valence-corrected chi connectivity index (χ0v) is 48.2. The maximum Gasteiger partial charge on any atom is 0.0642 e. The third kappa shape index (κ3) is 6.94. The largest absolute Gasteiger partial charge is 0.309 e. The van der Waals surface area contributed by atoms with Crippen molar-refractivity contribution in [3.8, 4) is 22.3 Å². The molecule has 0 heterocycles. The van der Waals surface area contributed by atoms with Gasteiger partial charge in [-0.3, -0.25) is 0 Å². The quantitative estimate of drug-likeness (QED) is 0.142. The van der Waals surface area contributed by atoms with Gasteiger partial charge >= 0.3 is 0 Å². The van der Waals surface area contributed by atoms with Gasteiger partial charge in [0.15, 0.2) is 0 Å². The lowest BCUT2D eigenvalue weighted by Crippen LogP contribution is -2.50. The predicted molar refractivity (Wildman–Crippen MR) is 371 cm³/mol. The second-order valence-electron chi connectivity index (χ2n) is 23.7. The van der Waals surface area contributed by atoms with Gasteiger partial charge in [0.1, 0.15) is 0 Å². The summed E-state index contributed by atoms with van der Waals surface area (Å²) >= 11 is 0. The van der Waals surface area contributed by atoms with E-state index < -0.39 is 10.8 Å². The first-order valence-corrected chi connectivity index (χ1v) is 30.7. The van der Waals surface area contributed by atoms with E-state index in [1.807, 2.05) is 0 Å². The average molecular weight is 1120 g/mol. The Hall–Kier alpha value is -11.3. The Morgan fingerprint density at radius 2 is 0.443 bits per heavy atom. The summed E-state index contributed by atoms with van der Waals surface area (Å²) in [4.78, 5) is 5.19. The minimum Gasteiger partial charge on any atom is -0.309 e.